The van der Waals surface area contributed by atoms with Gasteiger partial charge in [-0.15, -0.1) is 0 Å². The highest BCUT2D eigenvalue weighted by Gasteiger charge is 2.56. The summed E-state index contributed by atoms with van der Waals surface area (Å²) in [5, 5.41) is 0. The molecule has 3 rings (SSSR count). The Balaban J connectivity index is 1.75. The van der Waals surface area contributed by atoms with Crippen molar-refractivity contribution in [2.75, 3.05) is 40.4 Å². The van der Waals surface area contributed by atoms with E-state index >= 15 is 0 Å². The Labute approximate surface area is 119 Å². The molecule has 3 heterocycles. The molecular formula is C15H21N3O2. The Kier molecular flexibility index (Phi) is 3.48. The molecule has 0 spiro atoms. The molecule has 0 aliphatic carbocycles. The number of carbonyl (C=O) groups excluding carboxylic acids is 1. The highest BCUT2D eigenvalue weighted by molar-refractivity contribution is 5.84. The molecule has 0 aromatic carbocycles. The number of ether oxygens (including phenoxy) is 1. The molecule has 1 aromatic rings. The standard InChI is InChI=1S/C15H21N3O2/c1-17(2)14(19)15-10-18(8-13(15)9-20-11-15)7-12-4-3-5-16-6-12/h3-6,13H,7-11H2,1-2H3/t13-,15-/m1/s1. The molecule has 0 N–H and O–H groups in total. The van der Waals surface area contributed by atoms with Crippen LogP contribution in [0.5, 0.6) is 0 Å². The van der Waals surface area contributed by atoms with E-state index < -0.39 is 0 Å². The molecule has 2 saturated heterocycles. The van der Waals surface area contributed by atoms with Gasteiger partial charge in [0.25, 0.3) is 0 Å². The first-order valence-electron chi connectivity index (χ1n) is 7.02. The number of carbonyl (C=O) groups is 1. The molecule has 1 aromatic heterocycles. The van der Waals surface area contributed by atoms with Gasteiger partial charge in [-0.25, -0.2) is 0 Å². The minimum Gasteiger partial charge on any atom is -0.380 e. The van der Waals surface area contributed by atoms with E-state index in [1.54, 1.807) is 11.1 Å². The van der Waals surface area contributed by atoms with Crippen molar-refractivity contribution in [3.05, 3.63) is 30.1 Å². The van der Waals surface area contributed by atoms with Gasteiger partial charge in [0, 0.05) is 52.0 Å². The summed E-state index contributed by atoms with van der Waals surface area (Å²) in [6.07, 6.45) is 3.68. The third-order valence-electron chi connectivity index (χ3n) is 4.41. The molecule has 0 radical (unpaired) electrons. The molecule has 1 amide bonds. The lowest BCUT2D eigenvalue weighted by Crippen LogP contribution is -2.46. The average Bonchev–Trinajstić information content (AvgIpc) is 2.96. The fourth-order valence-corrected chi connectivity index (χ4v) is 3.46. The maximum Gasteiger partial charge on any atom is 0.232 e. The zero-order valence-electron chi connectivity index (χ0n) is 12.1. The van der Waals surface area contributed by atoms with E-state index in [1.807, 2.05) is 26.4 Å². The van der Waals surface area contributed by atoms with Crippen molar-refractivity contribution >= 4 is 5.91 Å². The lowest BCUT2D eigenvalue weighted by molar-refractivity contribution is -0.140. The van der Waals surface area contributed by atoms with Gasteiger partial charge in [-0.3, -0.25) is 14.7 Å². The van der Waals surface area contributed by atoms with Crippen LogP contribution in [0.2, 0.25) is 0 Å². The number of pyridine rings is 1. The second-order valence-electron chi connectivity index (χ2n) is 6.10. The lowest BCUT2D eigenvalue weighted by Gasteiger charge is -2.29. The molecule has 108 valence electrons. The largest absolute Gasteiger partial charge is 0.380 e. The summed E-state index contributed by atoms with van der Waals surface area (Å²) in [5.41, 5.74) is 0.854. The van der Waals surface area contributed by atoms with Gasteiger partial charge in [-0.05, 0) is 11.6 Å². The van der Waals surface area contributed by atoms with E-state index in [0.717, 1.165) is 19.6 Å². The fourth-order valence-electron chi connectivity index (χ4n) is 3.46. The second-order valence-corrected chi connectivity index (χ2v) is 6.10. The topological polar surface area (TPSA) is 45.7 Å². The Bertz CT molecular complexity index is 491. The first kappa shape index (κ1) is 13.5. The fraction of sp³-hybridized carbons (Fsp3) is 0.600. The first-order valence-corrected chi connectivity index (χ1v) is 7.02. The van der Waals surface area contributed by atoms with E-state index in [-0.39, 0.29) is 11.3 Å². The van der Waals surface area contributed by atoms with Gasteiger partial charge in [0.1, 0.15) is 0 Å². The van der Waals surface area contributed by atoms with Crippen molar-refractivity contribution < 1.29 is 9.53 Å². The van der Waals surface area contributed by atoms with E-state index in [9.17, 15) is 4.79 Å². The van der Waals surface area contributed by atoms with Crippen molar-refractivity contribution in [2.45, 2.75) is 6.54 Å². The van der Waals surface area contributed by atoms with Crippen molar-refractivity contribution in [1.29, 1.82) is 0 Å². The molecule has 2 aliphatic rings. The Hall–Kier alpha value is -1.46. The molecule has 2 aliphatic heterocycles. The zero-order chi connectivity index (χ0) is 14.2. The summed E-state index contributed by atoms with van der Waals surface area (Å²) in [6, 6.07) is 4.04. The summed E-state index contributed by atoms with van der Waals surface area (Å²) >= 11 is 0. The van der Waals surface area contributed by atoms with Crippen LogP contribution in [0.25, 0.3) is 0 Å². The SMILES string of the molecule is CN(C)C(=O)[C@]12COC[C@H]1CN(Cc1cccnc1)C2. The Morgan fingerprint density at radius 3 is 3.15 bits per heavy atom. The van der Waals surface area contributed by atoms with Crippen LogP contribution in [0.3, 0.4) is 0 Å². The number of aromatic nitrogens is 1. The van der Waals surface area contributed by atoms with Gasteiger partial charge >= 0.3 is 0 Å². The van der Waals surface area contributed by atoms with E-state index in [2.05, 4.69) is 16.0 Å². The highest BCUT2D eigenvalue weighted by atomic mass is 16.5. The lowest BCUT2D eigenvalue weighted by atomic mass is 9.80. The molecule has 2 atom stereocenters. The molecule has 5 heteroatoms. The van der Waals surface area contributed by atoms with Crippen LogP contribution < -0.4 is 0 Å². The summed E-state index contributed by atoms with van der Waals surface area (Å²) in [4.78, 5) is 20.8. The van der Waals surface area contributed by atoms with Gasteiger partial charge in [0.15, 0.2) is 0 Å². The third kappa shape index (κ3) is 2.21. The average molecular weight is 275 g/mol. The Morgan fingerprint density at radius 2 is 2.45 bits per heavy atom. The summed E-state index contributed by atoms with van der Waals surface area (Å²) < 4.78 is 5.60. The van der Waals surface area contributed by atoms with Crippen LogP contribution in [-0.4, -0.2) is 61.1 Å². The molecule has 2 fully saturated rings. The van der Waals surface area contributed by atoms with E-state index in [0.29, 0.717) is 19.1 Å². The molecule has 0 bridgehead atoms. The minimum atomic E-state index is -0.342. The molecule has 0 unspecified atom stereocenters. The zero-order valence-corrected chi connectivity index (χ0v) is 12.1. The first-order chi connectivity index (χ1) is 9.62. The third-order valence-corrected chi connectivity index (χ3v) is 4.41. The maximum absolute atomic E-state index is 12.6. The molecular weight excluding hydrogens is 254 g/mol. The minimum absolute atomic E-state index is 0.202. The van der Waals surface area contributed by atoms with Crippen molar-refractivity contribution in [3.8, 4) is 0 Å². The quantitative estimate of drug-likeness (QED) is 0.811. The summed E-state index contributed by atoms with van der Waals surface area (Å²) in [6.45, 7) is 3.81. The van der Waals surface area contributed by atoms with Crippen LogP contribution in [0.1, 0.15) is 5.56 Å². The highest BCUT2D eigenvalue weighted by Crippen LogP contribution is 2.42. The van der Waals surface area contributed by atoms with Gasteiger partial charge in [0.05, 0.1) is 18.6 Å². The number of fused-ring (bicyclic) bond motifs is 1. The Morgan fingerprint density at radius 1 is 1.60 bits per heavy atom. The van der Waals surface area contributed by atoms with Crippen LogP contribution in [0.15, 0.2) is 24.5 Å². The number of nitrogens with zero attached hydrogens (tertiary/aromatic N) is 3. The van der Waals surface area contributed by atoms with Crippen LogP contribution in [0.4, 0.5) is 0 Å². The smallest absolute Gasteiger partial charge is 0.232 e. The maximum atomic E-state index is 12.6. The number of rotatable bonds is 3. The van der Waals surface area contributed by atoms with Crippen molar-refractivity contribution in [1.82, 2.24) is 14.8 Å². The number of likely N-dealkylation sites (tertiary alicyclic amines) is 1. The molecule has 0 saturated carbocycles. The molecule has 5 nitrogen and oxygen atoms in total. The molecule has 20 heavy (non-hydrogen) atoms. The normalized spacial score (nSPS) is 29.4. The number of hydrogen-bond acceptors (Lipinski definition) is 4. The van der Waals surface area contributed by atoms with E-state index in [4.69, 9.17) is 4.74 Å². The van der Waals surface area contributed by atoms with Gasteiger partial charge < -0.3 is 9.64 Å². The van der Waals surface area contributed by atoms with Gasteiger partial charge in [-0.1, -0.05) is 6.07 Å². The van der Waals surface area contributed by atoms with Gasteiger partial charge in [0.2, 0.25) is 5.91 Å². The van der Waals surface area contributed by atoms with E-state index in [1.165, 1.54) is 5.56 Å². The van der Waals surface area contributed by atoms with Crippen LogP contribution >= 0.6 is 0 Å². The van der Waals surface area contributed by atoms with Crippen LogP contribution in [-0.2, 0) is 16.1 Å². The predicted octanol–water partition coefficient (Wildman–Crippen LogP) is 0.618. The summed E-state index contributed by atoms with van der Waals surface area (Å²) in [5.74, 6) is 0.516. The van der Waals surface area contributed by atoms with Gasteiger partial charge in [-0.2, -0.15) is 0 Å². The van der Waals surface area contributed by atoms with Crippen LogP contribution in [0, 0.1) is 11.3 Å². The summed E-state index contributed by atoms with van der Waals surface area (Å²) in [7, 11) is 3.66. The number of hydrogen-bond donors (Lipinski definition) is 0. The second kappa shape index (κ2) is 5.14. The van der Waals surface area contributed by atoms with Crippen molar-refractivity contribution in [3.63, 3.8) is 0 Å². The predicted molar refractivity (Wildman–Crippen MR) is 75.0 cm³/mol. The van der Waals surface area contributed by atoms with Crippen molar-refractivity contribution in [2.24, 2.45) is 11.3 Å². The monoisotopic (exact) mass is 275 g/mol. The number of amides is 1.